The van der Waals surface area contributed by atoms with Crippen LogP contribution in [0.5, 0.6) is 0 Å². The molecule has 0 amide bonds. The Kier molecular flexibility index (Phi) is 5.93. The zero-order chi connectivity index (χ0) is 12.0. The highest BCUT2D eigenvalue weighted by molar-refractivity contribution is 7.99. The van der Waals surface area contributed by atoms with E-state index in [1.807, 2.05) is 11.8 Å². The Balaban J connectivity index is 2.49. The molecule has 2 heteroatoms. The number of rotatable bonds is 6. The van der Waals surface area contributed by atoms with Crippen molar-refractivity contribution in [1.29, 1.82) is 0 Å². The van der Waals surface area contributed by atoms with Gasteiger partial charge in [0.25, 0.3) is 0 Å². The van der Waals surface area contributed by atoms with Crippen molar-refractivity contribution in [2.24, 2.45) is 0 Å². The molecular weight excluding hydrogens is 214 g/mol. The third-order valence-electron chi connectivity index (χ3n) is 2.60. The van der Waals surface area contributed by atoms with Crippen LogP contribution in [0.2, 0.25) is 0 Å². The Labute approximate surface area is 104 Å². The quantitative estimate of drug-likeness (QED) is 0.815. The number of aryl methyl sites for hydroxylation is 1. The highest BCUT2D eigenvalue weighted by Gasteiger charge is 2.08. The van der Waals surface area contributed by atoms with Crippen LogP contribution in [0.4, 0.5) is 0 Å². The molecule has 0 aliphatic carbocycles. The lowest BCUT2D eigenvalue weighted by Crippen LogP contribution is -2.30. The number of thioether (sulfide) groups is 1. The van der Waals surface area contributed by atoms with Crippen molar-refractivity contribution in [2.75, 3.05) is 12.8 Å². The summed E-state index contributed by atoms with van der Waals surface area (Å²) in [6, 6.07) is 9.38. The molecule has 16 heavy (non-hydrogen) atoms. The van der Waals surface area contributed by atoms with Gasteiger partial charge in [-0.3, -0.25) is 0 Å². The average Bonchev–Trinajstić information content (AvgIpc) is 2.24. The van der Waals surface area contributed by atoms with Crippen LogP contribution >= 0.6 is 11.8 Å². The van der Waals surface area contributed by atoms with Crippen LogP contribution in [0.3, 0.4) is 0 Å². The van der Waals surface area contributed by atoms with E-state index in [1.165, 1.54) is 16.9 Å². The van der Waals surface area contributed by atoms with Crippen LogP contribution in [-0.2, 0) is 6.42 Å². The summed E-state index contributed by atoms with van der Waals surface area (Å²) in [6.07, 6.45) is 1.12. The fourth-order valence-electron chi connectivity index (χ4n) is 1.68. The van der Waals surface area contributed by atoms with Gasteiger partial charge in [0.2, 0.25) is 0 Å². The fraction of sp³-hybridized carbons (Fsp3) is 0.571. The minimum atomic E-state index is 0.578. The third kappa shape index (κ3) is 5.04. The molecule has 1 N–H and O–H groups in total. The van der Waals surface area contributed by atoms with Gasteiger partial charge in [0.15, 0.2) is 0 Å². The molecule has 0 aliphatic heterocycles. The predicted octanol–water partition coefficient (Wildman–Crippen LogP) is 3.27. The lowest BCUT2D eigenvalue weighted by atomic mass is 10.1. The Morgan fingerprint density at radius 2 is 2.06 bits per heavy atom. The maximum atomic E-state index is 3.40. The number of hydrogen-bond acceptors (Lipinski definition) is 2. The van der Waals surface area contributed by atoms with Crippen LogP contribution in [-0.4, -0.2) is 24.1 Å². The summed E-state index contributed by atoms with van der Waals surface area (Å²) >= 11 is 2.02. The zero-order valence-electron chi connectivity index (χ0n) is 10.8. The first-order chi connectivity index (χ1) is 7.61. The highest BCUT2D eigenvalue weighted by atomic mass is 32.2. The van der Waals surface area contributed by atoms with Gasteiger partial charge in [-0.2, -0.15) is 11.8 Å². The lowest BCUT2D eigenvalue weighted by Gasteiger charge is -2.17. The van der Waals surface area contributed by atoms with Gasteiger partial charge in [-0.05, 0) is 31.2 Å². The van der Waals surface area contributed by atoms with Crippen molar-refractivity contribution in [3.63, 3.8) is 0 Å². The van der Waals surface area contributed by atoms with E-state index in [1.54, 1.807) is 0 Å². The molecule has 0 fully saturated rings. The smallest absolute Gasteiger partial charge is 0.0195 e. The summed E-state index contributed by atoms with van der Waals surface area (Å²) in [5, 5.41) is 4.12. The topological polar surface area (TPSA) is 12.0 Å². The minimum Gasteiger partial charge on any atom is -0.316 e. The second kappa shape index (κ2) is 6.97. The molecule has 1 aromatic rings. The van der Waals surface area contributed by atoms with Gasteiger partial charge in [0, 0.05) is 11.8 Å². The second-order valence-electron chi connectivity index (χ2n) is 4.56. The summed E-state index contributed by atoms with van der Waals surface area (Å²) < 4.78 is 0. The van der Waals surface area contributed by atoms with Crippen LogP contribution in [0, 0.1) is 6.92 Å². The van der Waals surface area contributed by atoms with Crippen molar-refractivity contribution in [2.45, 2.75) is 38.5 Å². The fourth-order valence-corrected chi connectivity index (χ4v) is 2.58. The van der Waals surface area contributed by atoms with E-state index in [-0.39, 0.29) is 0 Å². The number of hydrogen-bond donors (Lipinski definition) is 1. The van der Waals surface area contributed by atoms with Crippen molar-refractivity contribution < 1.29 is 0 Å². The first-order valence-electron chi connectivity index (χ1n) is 5.96. The molecule has 0 saturated heterocycles. The summed E-state index contributed by atoms with van der Waals surface area (Å²) in [6.45, 7) is 6.66. The van der Waals surface area contributed by atoms with Gasteiger partial charge in [-0.1, -0.05) is 43.7 Å². The Hall–Kier alpha value is -0.470. The maximum Gasteiger partial charge on any atom is 0.0195 e. The Morgan fingerprint density at radius 3 is 2.62 bits per heavy atom. The summed E-state index contributed by atoms with van der Waals surface area (Å²) in [7, 11) is 2.06. The molecule has 0 aromatic heterocycles. The van der Waals surface area contributed by atoms with E-state index < -0.39 is 0 Å². The van der Waals surface area contributed by atoms with E-state index in [4.69, 9.17) is 0 Å². The average molecular weight is 237 g/mol. The molecule has 90 valence electrons. The van der Waals surface area contributed by atoms with Crippen molar-refractivity contribution >= 4 is 11.8 Å². The van der Waals surface area contributed by atoms with Gasteiger partial charge in [0.1, 0.15) is 0 Å². The van der Waals surface area contributed by atoms with Gasteiger partial charge in [-0.25, -0.2) is 0 Å². The Bertz CT molecular complexity index is 309. The SMILES string of the molecule is CNC(CSC(C)C)Cc1cccc(C)c1. The summed E-state index contributed by atoms with van der Waals surface area (Å²) in [4.78, 5) is 0. The highest BCUT2D eigenvalue weighted by Crippen LogP contribution is 2.14. The normalized spacial score (nSPS) is 13.1. The van der Waals surface area contributed by atoms with E-state index in [0.717, 1.165) is 6.42 Å². The second-order valence-corrected chi connectivity index (χ2v) is 6.17. The molecule has 0 aliphatic rings. The predicted molar refractivity (Wildman–Crippen MR) is 75.3 cm³/mol. The molecule has 0 bridgehead atoms. The minimum absolute atomic E-state index is 0.578. The van der Waals surface area contributed by atoms with E-state index >= 15 is 0 Å². The monoisotopic (exact) mass is 237 g/mol. The van der Waals surface area contributed by atoms with Crippen molar-refractivity contribution in [1.82, 2.24) is 5.32 Å². The molecule has 0 heterocycles. The molecule has 0 spiro atoms. The first kappa shape index (κ1) is 13.6. The van der Waals surface area contributed by atoms with Gasteiger partial charge in [0.05, 0.1) is 0 Å². The van der Waals surface area contributed by atoms with Crippen LogP contribution in [0.15, 0.2) is 24.3 Å². The van der Waals surface area contributed by atoms with Gasteiger partial charge in [-0.15, -0.1) is 0 Å². The molecule has 1 nitrogen and oxygen atoms in total. The van der Waals surface area contributed by atoms with Crippen molar-refractivity contribution in [3.8, 4) is 0 Å². The number of benzene rings is 1. The maximum absolute atomic E-state index is 3.40. The largest absolute Gasteiger partial charge is 0.316 e. The standard InChI is InChI=1S/C14H23NS/c1-11(2)16-10-14(15-4)9-13-7-5-6-12(3)8-13/h5-8,11,14-15H,9-10H2,1-4H3. The summed E-state index contributed by atoms with van der Waals surface area (Å²) in [5.74, 6) is 1.18. The zero-order valence-corrected chi connectivity index (χ0v) is 11.6. The van der Waals surface area contributed by atoms with Gasteiger partial charge >= 0.3 is 0 Å². The number of nitrogens with one attached hydrogen (secondary N) is 1. The van der Waals surface area contributed by atoms with Crippen LogP contribution in [0.1, 0.15) is 25.0 Å². The molecule has 1 aromatic carbocycles. The molecule has 0 radical (unpaired) electrons. The first-order valence-corrected chi connectivity index (χ1v) is 7.01. The molecular formula is C14H23NS. The molecule has 1 atom stereocenters. The summed E-state index contributed by atoms with van der Waals surface area (Å²) in [5.41, 5.74) is 2.78. The third-order valence-corrected chi connectivity index (χ3v) is 3.87. The van der Waals surface area contributed by atoms with Gasteiger partial charge < -0.3 is 5.32 Å². The van der Waals surface area contributed by atoms with E-state index in [9.17, 15) is 0 Å². The molecule has 0 saturated carbocycles. The lowest BCUT2D eigenvalue weighted by molar-refractivity contribution is 0.616. The molecule has 1 rings (SSSR count). The molecule has 1 unspecified atom stereocenters. The number of likely N-dealkylation sites (N-methyl/N-ethyl adjacent to an activating group) is 1. The Morgan fingerprint density at radius 1 is 1.31 bits per heavy atom. The van der Waals surface area contributed by atoms with Crippen LogP contribution < -0.4 is 5.32 Å². The van der Waals surface area contributed by atoms with E-state index in [2.05, 4.69) is 57.4 Å². The van der Waals surface area contributed by atoms with Crippen molar-refractivity contribution in [3.05, 3.63) is 35.4 Å². The van der Waals surface area contributed by atoms with E-state index in [0.29, 0.717) is 11.3 Å². The van der Waals surface area contributed by atoms with Crippen LogP contribution in [0.25, 0.3) is 0 Å².